The average molecular weight is 421 g/mol. The molecule has 0 aliphatic heterocycles. The van der Waals surface area contributed by atoms with E-state index in [0.717, 1.165) is 29.6 Å². The third kappa shape index (κ3) is 4.62. The van der Waals surface area contributed by atoms with Crippen LogP contribution in [0.3, 0.4) is 0 Å². The van der Waals surface area contributed by atoms with Gasteiger partial charge in [-0.1, -0.05) is 74.0 Å². The molecule has 1 heterocycles. The summed E-state index contributed by atoms with van der Waals surface area (Å²) in [6, 6.07) is 13.3. The summed E-state index contributed by atoms with van der Waals surface area (Å²) >= 11 is 12.1. The summed E-state index contributed by atoms with van der Waals surface area (Å²) < 4.78 is 4.14. The second kappa shape index (κ2) is 9.64. The Labute approximate surface area is 176 Å². The van der Waals surface area contributed by atoms with E-state index in [1.807, 2.05) is 22.8 Å². The van der Waals surface area contributed by atoms with Gasteiger partial charge >= 0.3 is 5.95 Å². The smallest absolute Gasteiger partial charge is 0.356 e. The molecule has 0 unspecified atom stereocenters. The van der Waals surface area contributed by atoms with Crippen LogP contribution in [-0.4, -0.2) is 9.67 Å². The predicted molar refractivity (Wildman–Crippen MR) is 117 cm³/mol. The molecule has 0 fully saturated rings. The number of nitrogens with zero attached hydrogens (tertiary/aromatic N) is 2. The van der Waals surface area contributed by atoms with Gasteiger partial charge in [-0.25, -0.2) is 9.13 Å². The number of aromatic nitrogens is 2. The summed E-state index contributed by atoms with van der Waals surface area (Å²) in [4.78, 5) is 0. The van der Waals surface area contributed by atoms with Crippen molar-refractivity contribution in [2.24, 2.45) is 0 Å². The lowest BCUT2D eigenvalue weighted by Gasteiger charge is -2.11. The molecule has 0 saturated carbocycles. The van der Waals surface area contributed by atoms with E-state index in [1.165, 1.54) is 25.7 Å². The summed E-state index contributed by atoms with van der Waals surface area (Å²) in [5, 5.41) is 11.7. The van der Waals surface area contributed by atoms with Gasteiger partial charge in [0.1, 0.15) is 23.7 Å². The minimum absolute atomic E-state index is 0.354. The molecule has 28 heavy (non-hydrogen) atoms. The second-order valence-corrected chi connectivity index (χ2v) is 8.03. The molecule has 1 aromatic heterocycles. The molecule has 6 heteroatoms. The maximum Gasteiger partial charge on any atom is 0.356 e. The number of rotatable bonds is 9. The number of nitrogens with two attached hydrogens (primary N) is 1. The second-order valence-electron chi connectivity index (χ2n) is 7.21. The molecule has 1 atom stereocenters. The third-order valence-corrected chi connectivity index (χ3v) is 5.92. The highest BCUT2D eigenvalue weighted by Gasteiger charge is 2.23. The van der Waals surface area contributed by atoms with Crippen molar-refractivity contribution in [3.63, 3.8) is 0 Å². The number of hydrogen-bond donors (Lipinski definition) is 2. The topological polar surface area (TPSA) is 55.1 Å². The number of aliphatic hydroxyl groups is 1. The van der Waals surface area contributed by atoms with Crippen molar-refractivity contribution in [3.8, 4) is 0 Å². The molecule has 0 amide bonds. The van der Waals surface area contributed by atoms with Gasteiger partial charge in [0, 0.05) is 0 Å². The fraction of sp³-hybridized carbons (Fsp3) is 0.409. The Hall–Kier alpha value is -1.75. The Kier molecular flexibility index (Phi) is 7.22. The Bertz CT molecular complexity index is 939. The van der Waals surface area contributed by atoms with Gasteiger partial charge in [0.25, 0.3) is 0 Å². The molecule has 3 rings (SSSR count). The lowest BCUT2D eigenvalue weighted by atomic mass is 10.1. The zero-order valence-electron chi connectivity index (χ0n) is 16.2. The highest BCUT2D eigenvalue weighted by Crippen LogP contribution is 2.26. The van der Waals surface area contributed by atoms with Crippen LogP contribution in [0, 0.1) is 0 Å². The molecule has 3 N–H and O–H groups in total. The summed E-state index contributed by atoms with van der Waals surface area (Å²) in [7, 11) is 0. The zero-order chi connectivity index (χ0) is 20.1. The summed E-state index contributed by atoms with van der Waals surface area (Å²) in [5.41, 5.74) is 9.34. The zero-order valence-corrected chi connectivity index (χ0v) is 17.8. The van der Waals surface area contributed by atoms with Crippen molar-refractivity contribution < 1.29 is 9.67 Å². The average Bonchev–Trinajstić information content (AvgIpc) is 2.95. The number of anilines is 1. The molecule has 0 bridgehead atoms. The molecule has 3 aromatic rings. The molecule has 0 aliphatic rings. The fourth-order valence-electron chi connectivity index (χ4n) is 3.61. The van der Waals surface area contributed by atoms with Crippen molar-refractivity contribution in [1.29, 1.82) is 0 Å². The van der Waals surface area contributed by atoms with Crippen LogP contribution in [0.4, 0.5) is 5.95 Å². The van der Waals surface area contributed by atoms with E-state index in [4.69, 9.17) is 28.9 Å². The van der Waals surface area contributed by atoms with E-state index >= 15 is 0 Å². The van der Waals surface area contributed by atoms with E-state index in [1.54, 1.807) is 18.2 Å². The highest BCUT2D eigenvalue weighted by molar-refractivity contribution is 6.42. The number of unbranched alkanes of at least 4 members (excludes halogenated alkanes) is 4. The number of halogens is 2. The summed E-state index contributed by atoms with van der Waals surface area (Å²) in [5.74, 6) is 0.663. The maximum absolute atomic E-state index is 10.8. The number of nitrogen functional groups attached to an aromatic ring is 1. The van der Waals surface area contributed by atoms with Gasteiger partial charge in [0.05, 0.1) is 16.6 Å². The van der Waals surface area contributed by atoms with Crippen LogP contribution < -0.4 is 10.3 Å². The minimum Gasteiger partial charge on any atom is -0.385 e. The number of para-hydroxylation sites is 2. The van der Waals surface area contributed by atoms with E-state index < -0.39 is 6.10 Å². The predicted octanol–water partition coefficient (Wildman–Crippen LogP) is 5.52. The van der Waals surface area contributed by atoms with Crippen LogP contribution in [0.15, 0.2) is 42.5 Å². The Morgan fingerprint density at radius 2 is 1.79 bits per heavy atom. The van der Waals surface area contributed by atoms with Gasteiger partial charge < -0.3 is 5.11 Å². The van der Waals surface area contributed by atoms with Crippen molar-refractivity contribution >= 4 is 40.2 Å². The van der Waals surface area contributed by atoms with Crippen molar-refractivity contribution in [2.75, 3.05) is 5.73 Å². The number of aryl methyl sites for hydroxylation is 1. The van der Waals surface area contributed by atoms with Crippen molar-refractivity contribution in [1.82, 2.24) is 4.57 Å². The largest absolute Gasteiger partial charge is 0.385 e. The third-order valence-electron chi connectivity index (χ3n) is 5.19. The van der Waals surface area contributed by atoms with Crippen molar-refractivity contribution in [2.45, 2.75) is 58.2 Å². The standard InChI is InChI=1S/C22H27Cl2N3O/c1-2-3-4-5-8-13-26-19-9-6-7-10-20(19)27(22(26)25)15-21(28)16-11-12-17(23)18(24)14-16/h6-7,9-12,14,21,25,28H,2-5,8,13,15H2,1H3/p+1/t21-/m0/s1. The first-order chi connectivity index (χ1) is 13.5. The minimum atomic E-state index is -0.731. The molecule has 0 saturated heterocycles. The first-order valence-corrected chi connectivity index (χ1v) is 10.7. The first kappa shape index (κ1) is 21.0. The van der Waals surface area contributed by atoms with E-state index in [0.29, 0.717) is 22.5 Å². The van der Waals surface area contributed by atoms with E-state index in [2.05, 4.69) is 17.6 Å². The Balaban J connectivity index is 1.84. The molecule has 2 aromatic carbocycles. The fourth-order valence-corrected chi connectivity index (χ4v) is 3.92. The number of hydrogen-bond acceptors (Lipinski definition) is 2. The van der Waals surface area contributed by atoms with Gasteiger partial charge in [-0.15, -0.1) is 0 Å². The molecule has 0 aliphatic carbocycles. The number of aliphatic hydroxyl groups excluding tert-OH is 1. The van der Waals surface area contributed by atoms with Gasteiger partial charge in [0.2, 0.25) is 0 Å². The molecular weight excluding hydrogens is 393 g/mol. The number of benzene rings is 2. The SMILES string of the molecule is CCCCCCCn1c(N)[n+](C[C@H](O)c2ccc(Cl)c(Cl)c2)c2ccccc21. The van der Waals surface area contributed by atoms with Crippen LogP contribution in [0.1, 0.15) is 50.7 Å². The molecule has 0 spiro atoms. The van der Waals surface area contributed by atoms with Crippen LogP contribution in [-0.2, 0) is 13.1 Å². The lowest BCUT2D eigenvalue weighted by molar-refractivity contribution is -0.666. The van der Waals surface area contributed by atoms with Crippen LogP contribution in [0.5, 0.6) is 0 Å². The van der Waals surface area contributed by atoms with Crippen LogP contribution >= 0.6 is 23.2 Å². The summed E-state index contributed by atoms with van der Waals surface area (Å²) in [6.45, 7) is 3.46. The van der Waals surface area contributed by atoms with Gasteiger partial charge in [0.15, 0.2) is 0 Å². The molecular formula is C22H28Cl2N3O+. The van der Waals surface area contributed by atoms with Gasteiger partial charge in [-0.3, -0.25) is 5.73 Å². The first-order valence-electron chi connectivity index (χ1n) is 9.92. The van der Waals surface area contributed by atoms with Crippen LogP contribution in [0.2, 0.25) is 10.0 Å². The highest BCUT2D eigenvalue weighted by atomic mass is 35.5. The van der Waals surface area contributed by atoms with E-state index in [-0.39, 0.29) is 0 Å². The maximum atomic E-state index is 10.8. The lowest BCUT2D eigenvalue weighted by Crippen LogP contribution is -2.39. The summed E-state index contributed by atoms with van der Waals surface area (Å²) in [6.07, 6.45) is 5.33. The molecule has 150 valence electrons. The van der Waals surface area contributed by atoms with Crippen molar-refractivity contribution in [3.05, 3.63) is 58.1 Å². The Morgan fingerprint density at radius 1 is 1.04 bits per heavy atom. The Morgan fingerprint density at radius 3 is 2.54 bits per heavy atom. The van der Waals surface area contributed by atoms with Gasteiger partial charge in [-0.05, 0) is 36.2 Å². The van der Waals surface area contributed by atoms with Gasteiger partial charge in [-0.2, -0.15) is 0 Å². The normalized spacial score (nSPS) is 12.6. The number of fused-ring (bicyclic) bond motifs is 1. The molecule has 0 radical (unpaired) electrons. The van der Waals surface area contributed by atoms with E-state index in [9.17, 15) is 5.11 Å². The monoisotopic (exact) mass is 420 g/mol. The molecule has 4 nitrogen and oxygen atoms in total. The number of imidazole rings is 1. The van der Waals surface area contributed by atoms with Crippen LogP contribution in [0.25, 0.3) is 11.0 Å². The quantitative estimate of drug-likeness (QED) is 0.353.